The monoisotopic (exact) mass is 186 g/mol. The van der Waals surface area contributed by atoms with E-state index in [1.807, 2.05) is 0 Å². The zero-order valence-corrected chi connectivity index (χ0v) is 8.02. The van der Waals surface area contributed by atoms with Crippen LogP contribution in [0.2, 0.25) is 0 Å². The fourth-order valence-electron chi connectivity index (χ4n) is 2.67. The molecule has 2 aliphatic rings. The van der Waals surface area contributed by atoms with Gasteiger partial charge in [-0.05, 0) is 25.2 Å². The van der Waals surface area contributed by atoms with Crippen molar-refractivity contribution in [2.45, 2.75) is 43.9 Å². The summed E-state index contributed by atoms with van der Waals surface area (Å²) in [6.45, 7) is 0. The van der Waals surface area contributed by atoms with E-state index in [-0.39, 0.29) is 5.38 Å². The number of Topliss-reactive ketones (excluding diaryl/α,β-unsaturated/α-hetero) is 1. The molecule has 3 atom stereocenters. The smallest absolute Gasteiger partial charge is 0.136 e. The minimum atomic E-state index is 0.285. The van der Waals surface area contributed by atoms with Gasteiger partial charge in [-0.2, -0.15) is 0 Å². The Balaban J connectivity index is 2.11. The van der Waals surface area contributed by atoms with Crippen LogP contribution in [0.4, 0.5) is 0 Å². The van der Waals surface area contributed by atoms with Crippen LogP contribution in [-0.4, -0.2) is 11.2 Å². The third kappa shape index (κ3) is 1.39. The highest BCUT2D eigenvalue weighted by molar-refractivity contribution is 6.21. The first-order chi connectivity index (χ1) is 5.79. The van der Waals surface area contributed by atoms with E-state index in [0.29, 0.717) is 17.6 Å². The van der Waals surface area contributed by atoms with Gasteiger partial charge in [0, 0.05) is 17.7 Å². The first-order valence-electron chi connectivity index (χ1n) is 4.96. The summed E-state index contributed by atoms with van der Waals surface area (Å²) in [7, 11) is 0. The summed E-state index contributed by atoms with van der Waals surface area (Å²) in [6, 6.07) is 0. The average molecular weight is 187 g/mol. The second kappa shape index (κ2) is 3.37. The van der Waals surface area contributed by atoms with Crippen LogP contribution in [0.3, 0.4) is 0 Å². The maximum atomic E-state index is 11.5. The van der Waals surface area contributed by atoms with Gasteiger partial charge < -0.3 is 0 Å². The largest absolute Gasteiger partial charge is 0.299 e. The van der Waals surface area contributed by atoms with E-state index in [9.17, 15) is 4.79 Å². The standard InChI is InChI=1S/C10H15ClO/c11-9-5-6-10(12)8-4-2-1-3-7(8)9/h7-9H,1-6H2/t7-,8-,9+/m1/s1. The van der Waals surface area contributed by atoms with Crippen LogP contribution in [0.1, 0.15) is 38.5 Å². The fourth-order valence-corrected chi connectivity index (χ4v) is 3.08. The minimum absolute atomic E-state index is 0.285. The van der Waals surface area contributed by atoms with E-state index in [0.717, 1.165) is 19.3 Å². The predicted molar refractivity (Wildman–Crippen MR) is 49.3 cm³/mol. The van der Waals surface area contributed by atoms with Crippen LogP contribution >= 0.6 is 11.6 Å². The van der Waals surface area contributed by atoms with Gasteiger partial charge in [0.15, 0.2) is 0 Å². The zero-order chi connectivity index (χ0) is 8.55. The molecule has 0 aliphatic heterocycles. The van der Waals surface area contributed by atoms with E-state index < -0.39 is 0 Å². The fraction of sp³-hybridized carbons (Fsp3) is 0.900. The van der Waals surface area contributed by atoms with Gasteiger partial charge in [-0.3, -0.25) is 4.79 Å². The molecule has 68 valence electrons. The van der Waals surface area contributed by atoms with Gasteiger partial charge in [0.25, 0.3) is 0 Å². The normalized spacial score (nSPS) is 42.4. The Hall–Kier alpha value is -0.0400. The van der Waals surface area contributed by atoms with Gasteiger partial charge >= 0.3 is 0 Å². The molecule has 0 spiro atoms. The van der Waals surface area contributed by atoms with Gasteiger partial charge in [-0.1, -0.05) is 12.8 Å². The molecule has 0 amide bonds. The van der Waals surface area contributed by atoms with E-state index >= 15 is 0 Å². The van der Waals surface area contributed by atoms with Gasteiger partial charge in [0.1, 0.15) is 5.78 Å². The Morgan fingerprint density at radius 1 is 1.17 bits per heavy atom. The lowest BCUT2D eigenvalue weighted by Gasteiger charge is -2.37. The Bertz CT molecular complexity index is 190. The molecule has 2 aliphatic carbocycles. The van der Waals surface area contributed by atoms with Gasteiger partial charge in [-0.25, -0.2) is 0 Å². The predicted octanol–water partition coefficient (Wildman–Crippen LogP) is 2.76. The van der Waals surface area contributed by atoms with Crippen LogP contribution in [-0.2, 0) is 4.79 Å². The molecule has 0 N–H and O–H groups in total. The van der Waals surface area contributed by atoms with Crippen LogP contribution < -0.4 is 0 Å². The quantitative estimate of drug-likeness (QED) is 0.532. The second-order valence-corrected chi connectivity index (χ2v) is 4.64. The molecular formula is C10H15ClO. The summed E-state index contributed by atoms with van der Waals surface area (Å²) < 4.78 is 0. The van der Waals surface area contributed by atoms with Crippen LogP contribution in [0, 0.1) is 11.8 Å². The second-order valence-electron chi connectivity index (χ2n) is 4.08. The molecule has 1 nitrogen and oxygen atoms in total. The molecule has 0 unspecified atom stereocenters. The zero-order valence-electron chi connectivity index (χ0n) is 7.26. The van der Waals surface area contributed by atoms with Crippen molar-refractivity contribution in [3.05, 3.63) is 0 Å². The number of ketones is 1. The average Bonchev–Trinajstić information content (AvgIpc) is 2.12. The molecular weight excluding hydrogens is 172 g/mol. The first-order valence-corrected chi connectivity index (χ1v) is 5.39. The summed E-state index contributed by atoms with van der Waals surface area (Å²) in [4.78, 5) is 11.5. The maximum absolute atomic E-state index is 11.5. The highest BCUT2D eigenvalue weighted by atomic mass is 35.5. The van der Waals surface area contributed by atoms with E-state index in [4.69, 9.17) is 11.6 Å². The number of halogens is 1. The summed E-state index contributed by atoms with van der Waals surface area (Å²) in [6.07, 6.45) is 6.45. The molecule has 2 rings (SSSR count). The number of rotatable bonds is 0. The van der Waals surface area contributed by atoms with Gasteiger partial charge in [0.05, 0.1) is 0 Å². The van der Waals surface area contributed by atoms with E-state index in [1.54, 1.807) is 0 Å². The molecule has 0 saturated heterocycles. The van der Waals surface area contributed by atoms with Crippen molar-refractivity contribution in [2.24, 2.45) is 11.8 Å². The van der Waals surface area contributed by atoms with E-state index in [2.05, 4.69) is 0 Å². The number of carbonyl (C=O) groups excluding carboxylic acids is 1. The third-order valence-electron chi connectivity index (χ3n) is 3.36. The SMILES string of the molecule is O=C1CC[C@H](Cl)[C@@H]2CCCC[C@@H]12. The molecule has 0 aromatic carbocycles. The Morgan fingerprint density at radius 3 is 2.67 bits per heavy atom. The number of alkyl halides is 1. The summed E-state index contributed by atoms with van der Waals surface area (Å²) in [5.74, 6) is 1.33. The van der Waals surface area contributed by atoms with Crippen LogP contribution in [0.5, 0.6) is 0 Å². The van der Waals surface area contributed by atoms with Crippen LogP contribution in [0.15, 0.2) is 0 Å². The summed E-state index contributed by atoms with van der Waals surface area (Å²) in [5.41, 5.74) is 0. The number of fused-ring (bicyclic) bond motifs is 1. The summed E-state index contributed by atoms with van der Waals surface area (Å²) in [5, 5.41) is 0.285. The van der Waals surface area contributed by atoms with Gasteiger partial charge in [0.2, 0.25) is 0 Å². The number of carbonyl (C=O) groups is 1. The van der Waals surface area contributed by atoms with Crippen LogP contribution in [0.25, 0.3) is 0 Å². The number of hydrogen-bond acceptors (Lipinski definition) is 1. The molecule has 0 aromatic rings. The number of hydrogen-bond donors (Lipinski definition) is 0. The maximum Gasteiger partial charge on any atom is 0.136 e. The third-order valence-corrected chi connectivity index (χ3v) is 3.91. The Kier molecular flexibility index (Phi) is 2.40. The molecule has 2 fully saturated rings. The van der Waals surface area contributed by atoms with Crippen molar-refractivity contribution >= 4 is 17.4 Å². The Morgan fingerprint density at radius 2 is 1.92 bits per heavy atom. The molecule has 12 heavy (non-hydrogen) atoms. The lowest BCUT2D eigenvalue weighted by Crippen LogP contribution is -2.37. The van der Waals surface area contributed by atoms with E-state index in [1.165, 1.54) is 19.3 Å². The van der Waals surface area contributed by atoms with Gasteiger partial charge in [-0.15, -0.1) is 11.6 Å². The molecule has 0 aromatic heterocycles. The Labute approximate surface area is 78.5 Å². The molecule has 0 heterocycles. The topological polar surface area (TPSA) is 17.1 Å². The lowest BCUT2D eigenvalue weighted by atomic mass is 9.70. The highest BCUT2D eigenvalue weighted by Crippen LogP contribution is 2.40. The lowest BCUT2D eigenvalue weighted by molar-refractivity contribution is -0.127. The molecule has 0 radical (unpaired) electrons. The van der Waals surface area contributed by atoms with Crippen molar-refractivity contribution in [1.82, 2.24) is 0 Å². The van der Waals surface area contributed by atoms with Crippen molar-refractivity contribution in [3.8, 4) is 0 Å². The first kappa shape index (κ1) is 8.55. The summed E-state index contributed by atoms with van der Waals surface area (Å²) >= 11 is 6.20. The van der Waals surface area contributed by atoms with Crippen molar-refractivity contribution in [2.75, 3.05) is 0 Å². The highest BCUT2D eigenvalue weighted by Gasteiger charge is 2.38. The van der Waals surface area contributed by atoms with Crippen molar-refractivity contribution in [1.29, 1.82) is 0 Å². The molecule has 2 saturated carbocycles. The van der Waals surface area contributed by atoms with Crippen molar-refractivity contribution in [3.63, 3.8) is 0 Å². The molecule has 2 heteroatoms. The molecule has 0 bridgehead atoms. The minimum Gasteiger partial charge on any atom is -0.299 e. The van der Waals surface area contributed by atoms with Crippen molar-refractivity contribution < 1.29 is 4.79 Å².